The summed E-state index contributed by atoms with van der Waals surface area (Å²) in [5.74, 6) is 0. The van der Waals surface area contributed by atoms with Crippen LogP contribution in [0.1, 0.15) is 0 Å². The lowest BCUT2D eigenvalue weighted by atomic mass is 10.2. The predicted octanol–water partition coefficient (Wildman–Crippen LogP) is 2.19. The van der Waals surface area contributed by atoms with E-state index in [-0.39, 0.29) is 9.92 Å². The summed E-state index contributed by atoms with van der Waals surface area (Å²) in [6.45, 7) is 0. The number of aromatic nitrogens is 1. The fraction of sp³-hybridized carbons (Fsp3) is 0. The van der Waals surface area contributed by atoms with E-state index in [1.54, 1.807) is 18.2 Å². The lowest BCUT2D eigenvalue weighted by Gasteiger charge is -2.05. The van der Waals surface area contributed by atoms with Crippen LogP contribution in [0.5, 0.6) is 0 Å². The SMILES string of the molecule is NS(=O)(=O)c1cnc2ccc(Cl)cc2c1Cl. The Morgan fingerprint density at radius 2 is 1.94 bits per heavy atom. The molecule has 1 aromatic carbocycles. The molecule has 1 heterocycles. The summed E-state index contributed by atoms with van der Waals surface area (Å²) in [6, 6.07) is 4.83. The zero-order valence-electron chi connectivity index (χ0n) is 7.81. The minimum atomic E-state index is -3.88. The number of benzene rings is 1. The molecule has 0 saturated carbocycles. The van der Waals surface area contributed by atoms with E-state index in [0.29, 0.717) is 15.9 Å². The Bertz CT molecular complexity index is 671. The molecule has 0 saturated heterocycles. The van der Waals surface area contributed by atoms with Gasteiger partial charge in [-0.25, -0.2) is 13.6 Å². The Kier molecular flexibility index (Phi) is 2.79. The normalized spacial score (nSPS) is 11.9. The van der Waals surface area contributed by atoms with Gasteiger partial charge in [0.1, 0.15) is 4.90 Å². The van der Waals surface area contributed by atoms with Crippen molar-refractivity contribution >= 4 is 44.1 Å². The first-order chi connectivity index (χ1) is 7.39. The van der Waals surface area contributed by atoms with E-state index in [9.17, 15) is 8.42 Å². The van der Waals surface area contributed by atoms with Gasteiger partial charge in [-0.3, -0.25) is 4.98 Å². The molecule has 0 aliphatic carbocycles. The fourth-order valence-corrected chi connectivity index (χ4v) is 2.57. The maximum absolute atomic E-state index is 11.2. The third-order valence-electron chi connectivity index (χ3n) is 2.04. The minimum absolute atomic E-state index is 0.0370. The van der Waals surface area contributed by atoms with Gasteiger partial charge >= 0.3 is 0 Å². The first-order valence-electron chi connectivity index (χ1n) is 4.16. The van der Waals surface area contributed by atoms with Crippen molar-refractivity contribution in [3.05, 3.63) is 34.4 Å². The zero-order valence-corrected chi connectivity index (χ0v) is 10.1. The van der Waals surface area contributed by atoms with Crippen molar-refractivity contribution in [3.63, 3.8) is 0 Å². The van der Waals surface area contributed by atoms with Gasteiger partial charge in [-0.15, -0.1) is 0 Å². The second kappa shape index (κ2) is 3.85. The molecule has 0 aliphatic heterocycles. The van der Waals surface area contributed by atoms with Crippen molar-refractivity contribution in [2.45, 2.75) is 4.90 Å². The van der Waals surface area contributed by atoms with Gasteiger partial charge in [-0.2, -0.15) is 0 Å². The zero-order chi connectivity index (χ0) is 11.9. The number of hydrogen-bond acceptors (Lipinski definition) is 3. The summed E-state index contributed by atoms with van der Waals surface area (Å²) in [4.78, 5) is 3.74. The molecule has 84 valence electrons. The van der Waals surface area contributed by atoms with Crippen LogP contribution in [0.2, 0.25) is 10.0 Å². The topological polar surface area (TPSA) is 73.1 Å². The molecule has 2 rings (SSSR count). The van der Waals surface area contributed by atoms with Gasteiger partial charge in [0, 0.05) is 16.6 Å². The summed E-state index contributed by atoms with van der Waals surface area (Å²) in [7, 11) is -3.88. The molecule has 4 nitrogen and oxygen atoms in total. The number of sulfonamides is 1. The predicted molar refractivity (Wildman–Crippen MR) is 63.1 cm³/mol. The van der Waals surface area contributed by atoms with Gasteiger partial charge in [0.25, 0.3) is 0 Å². The maximum Gasteiger partial charge on any atom is 0.241 e. The number of pyridine rings is 1. The van der Waals surface area contributed by atoms with Crippen LogP contribution in [0.15, 0.2) is 29.3 Å². The summed E-state index contributed by atoms with van der Waals surface area (Å²) >= 11 is 11.7. The highest BCUT2D eigenvalue weighted by atomic mass is 35.5. The third kappa shape index (κ3) is 1.99. The number of nitrogens with zero attached hydrogens (tertiary/aromatic N) is 1. The van der Waals surface area contributed by atoms with E-state index in [1.165, 1.54) is 0 Å². The fourth-order valence-electron chi connectivity index (χ4n) is 1.31. The van der Waals surface area contributed by atoms with E-state index in [2.05, 4.69) is 4.98 Å². The molecule has 7 heteroatoms. The first kappa shape index (κ1) is 11.6. The van der Waals surface area contributed by atoms with E-state index in [1.807, 2.05) is 0 Å². The minimum Gasteiger partial charge on any atom is -0.255 e. The molecule has 0 spiro atoms. The summed E-state index contributed by atoms with van der Waals surface area (Å²) < 4.78 is 22.4. The lowest BCUT2D eigenvalue weighted by molar-refractivity contribution is 0.597. The van der Waals surface area contributed by atoms with Crippen molar-refractivity contribution in [2.75, 3.05) is 0 Å². The molecule has 0 radical (unpaired) electrons. The molecule has 0 atom stereocenters. The molecule has 2 aromatic rings. The molecular weight excluding hydrogens is 271 g/mol. The van der Waals surface area contributed by atoms with Gasteiger partial charge < -0.3 is 0 Å². The number of halogens is 2. The van der Waals surface area contributed by atoms with Crippen LogP contribution >= 0.6 is 23.2 Å². The molecule has 0 amide bonds. The highest BCUT2D eigenvalue weighted by Crippen LogP contribution is 2.29. The third-order valence-corrected chi connectivity index (χ3v) is 3.72. The smallest absolute Gasteiger partial charge is 0.241 e. The second-order valence-electron chi connectivity index (χ2n) is 3.14. The number of rotatable bonds is 1. The van der Waals surface area contributed by atoms with Gasteiger partial charge in [-0.1, -0.05) is 23.2 Å². The Morgan fingerprint density at radius 1 is 1.25 bits per heavy atom. The highest BCUT2D eigenvalue weighted by molar-refractivity contribution is 7.89. The number of fused-ring (bicyclic) bond motifs is 1. The van der Waals surface area contributed by atoms with Crippen LogP contribution < -0.4 is 5.14 Å². The average molecular weight is 277 g/mol. The van der Waals surface area contributed by atoms with Crippen molar-refractivity contribution in [2.24, 2.45) is 5.14 Å². The maximum atomic E-state index is 11.2. The Labute approximate surface area is 102 Å². The van der Waals surface area contributed by atoms with E-state index < -0.39 is 10.0 Å². The number of primary sulfonamides is 1. The molecule has 0 fully saturated rings. The summed E-state index contributed by atoms with van der Waals surface area (Å²) in [6.07, 6.45) is 1.13. The van der Waals surface area contributed by atoms with Gasteiger partial charge in [0.05, 0.1) is 10.5 Å². The van der Waals surface area contributed by atoms with Crippen LogP contribution in [0.4, 0.5) is 0 Å². The molecular formula is C9H6Cl2N2O2S. The van der Waals surface area contributed by atoms with Gasteiger partial charge in [-0.05, 0) is 18.2 Å². The number of nitrogens with two attached hydrogens (primary N) is 1. The van der Waals surface area contributed by atoms with Crippen molar-refractivity contribution < 1.29 is 8.42 Å². The standard InChI is InChI=1S/C9H6Cl2N2O2S/c10-5-1-2-7-6(3-5)9(11)8(4-13-7)16(12,14)15/h1-4H,(H2,12,14,15). The molecule has 0 unspecified atom stereocenters. The highest BCUT2D eigenvalue weighted by Gasteiger charge is 2.16. The molecule has 1 aromatic heterocycles. The van der Waals surface area contributed by atoms with E-state index in [4.69, 9.17) is 28.3 Å². The summed E-state index contributed by atoms with van der Waals surface area (Å²) in [5.41, 5.74) is 0.557. The molecule has 2 N–H and O–H groups in total. The Hall–Kier alpha value is -0.880. The first-order valence-corrected chi connectivity index (χ1v) is 6.46. The second-order valence-corrected chi connectivity index (χ2v) is 5.49. The van der Waals surface area contributed by atoms with E-state index in [0.717, 1.165) is 6.20 Å². The summed E-state index contributed by atoms with van der Waals surface area (Å²) in [5, 5.41) is 5.94. The van der Waals surface area contributed by atoms with E-state index >= 15 is 0 Å². The number of hydrogen-bond donors (Lipinski definition) is 1. The van der Waals surface area contributed by atoms with Crippen molar-refractivity contribution in [3.8, 4) is 0 Å². The van der Waals surface area contributed by atoms with Crippen molar-refractivity contribution in [1.82, 2.24) is 4.98 Å². The van der Waals surface area contributed by atoms with Crippen LogP contribution in [0.3, 0.4) is 0 Å². The van der Waals surface area contributed by atoms with Crippen LogP contribution in [-0.4, -0.2) is 13.4 Å². The monoisotopic (exact) mass is 276 g/mol. The quantitative estimate of drug-likeness (QED) is 0.868. The Morgan fingerprint density at radius 3 is 2.56 bits per heavy atom. The largest absolute Gasteiger partial charge is 0.255 e. The Balaban J connectivity index is 2.89. The van der Waals surface area contributed by atoms with Crippen LogP contribution in [-0.2, 0) is 10.0 Å². The average Bonchev–Trinajstić information content (AvgIpc) is 2.17. The molecule has 0 aliphatic rings. The molecule has 0 bridgehead atoms. The van der Waals surface area contributed by atoms with Gasteiger partial charge in [0.15, 0.2) is 0 Å². The lowest BCUT2D eigenvalue weighted by Crippen LogP contribution is -2.13. The van der Waals surface area contributed by atoms with Crippen LogP contribution in [0.25, 0.3) is 10.9 Å². The molecule has 16 heavy (non-hydrogen) atoms. The van der Waals surface area contributed by atoms with Crippen molar-refractivity contribution in [1.29, 1.82) is 0 Å². The van der Waals surface area contributed by atoms with Crippen LogP contribution in [0, 0.1) is 0 Å². The van der Waals surface area contributed by atoms with Gasteiger partial charge in [0.2, 0.25) is 10.0 Å².